The van der Waals surface area contributed by atoms with Crippen LogP contribution in [0.2, 0.25) is 0 Å². The molecule has 5 nitrogen and oxygen atoms in total. The van der Waals surface area contributed by atoms with Gasteiger partial charge in [-0.3, -0.25) is 4.79 Å². The molecule has 2 heterocycles. The van der Waals surface area contributed by atoms with Crippen molar-refractivity contribution in [2.45, 2.75) is 19.3 Å². The quantitative estimate of drug-likeness (QED) is 0.811. The minimum atomic E-state index is -0.647. The van der Waals surface area contributed by atoms with E-state index >= 15 is 0 Å². The molecular formula is C17H18FNO4. The van der Waals surface area contributed by atoms with Crippen LogP contribution in [0.15, 0.2) is 34.9 Å². The minimum Gasteiger partial charge on any atom is -0.469 e. The minimum absolute atomic E-state index is 0.260. The molecule has 1 aliphatic heterocycles. The van der Waals surface area contributed by atoms with Crippen molar-refractivity contribution in [2.24, 2.45) is 5.41 Å². The summed E-state index contributed by atoms with van der Waals surface area (Å²) in [6, 6.07) is 7.89. The summed E-state index contributed by atoms with van der Waals surface area (Å²) in [5.74, 6) is -0.0106. The Kier molecular flexibility index (Phi) is 4.43. The van der Waals surface area contributed by atoms with E-state index in [0.29, 0.717) is 49.5 Å². The van der Waals surface area contributed by atoms with Gasteiger partial charge in [0.2, 0.25) is 0 Å². The van der Waals surface area contributed by atoms with Crippen molar-refractivity contribution in [3.8, 4) is 11.3 Å². The highest BCUT2D eigenvalue weighted by Gasteiger charge is 2.42. The van der Waals surface area contributed by atoms with Crippen LogP contribution < -0.4 is 0 Å². The molecule has 1 aliphatic rings. The second kappa shape index (κ2) is 6.50. The SMILES string of the molecule is COC(=O)C1(Cc2cc(-c3cccc(F)c3)no2)CCOCC1. The largest absolute Gasteiger partial charge is 0.469 e. The van der Waals surface area contributed by atoms with Crippen molar-refractivity contribution in [1.29, 1.82) is 0 Å². The number of hydrogen-bond acceptors (Lipinski definition) is 5. The number of rotatable bonds is 4. The van der Waals surface area contributed by atoms with Gasteiger partial charge in [-0.2, -0.15) is 0 Å². The normalized spacial score (nSPS) is 17.0. The summed E-state index contributed by atoms with van der Waals surface area (Å²) < 4.78 is 29.0. The number of esters is 1. The number of methoxy groups -OCH3 is 1. The van der Waals surface area contributed by atoms with Crippen LogP contribution in [-0.4, -0.2) is 31.4 Å². The zero-order chi connectivity index (χ0) is 16.3. The zero-order valence-corrected chi connectivity index (χ0v) is 12.9. The number of nitrogens with zero attached hydrogens (tertiary/aromatic N) is 1. The molecule has 1 fully saturated rings. The summed E-state index contributed by atoms with van der Waals surface area (Å²) in [6.07, 6.45) is 1.55. The maximum Gasteiger partial charge on any atom is 0.312 e. The number of aromatic nitrogens is 1. The van der Waals surface area contributed by atoms with E-state index in [0.717, 1.165) is 0 Å². The van der Waals surface area contributed by atoms with Crippen LogP contribution >= 0.6 is 0 Å². The summed E-state index contributed by atoms with van der Waals surface area (Å²) in [7, 11) is 1.39. The Labute approximate surface area is 133 Å². The molecule has 23 heavy (non-hydrogen) atoms. The molecule has 1 aromatic carbocycles. The van der Waals surface area contributed by atoms with Gasteiger partial charge in [0, 0.05) is 31.3 Å². The second-order valence-corrected chi connectivity index (χ2v) is 5.75. The summed E-state index contributed by atoms with van der Waals surface area (Å²) in [5, 5.41) is 3.98. The van der Waals surface area contributed by atoms with Crippen LogP contribution in [0.1, 0.15) is 18.6 Å². The molecule has 6 heteroatoms. The maximum atomic E-state index is 13.3. The second-order valence-electron chi connectivity index (χ2n) is 5.75. The molecule has 0 N–H and O–H groups in total. The van der Waals surface area contributed by atoms with Crippen molar-refractivity contribution < 1.29 is 23.2 Å². The third-order valence-corrected chi connectivity index (χ3v) is 4.26. The van der Waals surface area contributed by atoms with Crippen LogP contribution in [0.3, 0.4) is 0 Å². The Bertz CT molecular complexity index is 691. The monoisotopic (exact) mass is 319 g/mol. The van der Waals surface area contributed by atoms with Crippen LogP contribution in [-0.2, 0) is 20.7 Å². The predicted molar refractivity (Wildman–Crippen MR) is 80.1 cm³/mol. The first-order valence-corrected chi connectivity index (χ1v) is 7.51. The van der Waals surface area contributed by atoms with Crippen molar-refractivity contribution in [1.82, 2.24) is 5.16 Å². The number of carbonyl (C=O) groups excluding carboxylic acids is 1. The fourth-order valence-electron chi connectivity index (χ4n) is 2.95. The van der Waals surface area contributed by atoms with Crippen LogP contribution in [0.5, 0.6) is 0 Å². The van der Waals surface area contributed by atoms with Gasteiger partial charge in [0.25, 0.3) is 0 Å². The molecule has 0 radical (unpaired) electrons. The molecule has 3 rings (SSSR count). The van der Waals surface area contributed by atoms with Crippen molar-refractivity contribution >= 4 is 5.97 Å². The van der Waals surface area contributed by atoms with E-state index < -0.39 is 5.41 Å². The Hall–Kier alpha value is -2.21. The van der Waals surface area contributed by atoms with Gasteiger partial charge >= 0.3 is 5.97 Å². The van der Waals surface area contributed by atoms with Gasteiger partial charge < -0.3 is 14.0 Å². The number of carbonyl (C=O) groups is 1. The first-order valence-electron chi connectivity index (χ1n) is 7.51. The lowest BCUT2D eigenvalue weighted by atomic mass is 9.76. The van der Waals surface area contributed by atoms with Crippen molar-refractivity contribution in [2.75, 3.05) is 20.3 Å². The van der Waals surface area contributed by atoms with Crippen LogP contribution in [0.25, 0.3) is 11.3 Å². The highest BCUT2D eigenvalue weighted by Crippen LogP contribution is 2.36. The lowest BCUT2D eigenvalue weighted by Gasteiger charge is -2.33. The molecule has 2 aromatic rings. The first-order chi connectivity index (χ1) is 11.1. The van der Waals surface area contributed by atoms with E-state index in [9.17, 15) is 9.18 Å². The molecular weight excluding hydrogens is 301 g/mol. The summed E-state index contributed by atoms with van der Waals surface area (Å²) in [4.78, 5) is 12.2. The molecule has 122 valence electrons. The predicted octanol–water partition coefficient (Wildman–Crippen LogP) is 2.99. The third kappa shape index (κ3) is 3.27. The Morgan fingerprint density at radius 3 is 2.83 bits per heavy atom. The Morgan fingerprint density at radius 2 is 2.13 bits per heavy atom. The molecule has 0 spiro atoms. The lowest BCUT2D eigenvalue weighted by molar-refractivity contribution is -0.159. The van der Waals surface area contributed by atoms with Gasteiger partial charge in [0.1, 0.15) is 17.3 Å². The van der Waals surface area contributed by atoms with E-state index in [1.807, 2.05) is 0 Å². The molecule has 0 saturated carbocycles. The number of hydrogen-bond donors (Lipinski definition) is 0. The fraction of sp³-hybridized carbons (Fsp3) is 0.412. The van der Waals surface area contributed by atoms with E-state index in [1.54, 1.807) is 18.2 Å². The van der Waals surface area contributed by atoms with E-state index in [1.165, 1.54) is 19.2 Å². The van der Waals surface area contributed by atoms with E-state index in [4.69, 9.17) is 14.0 Å². The van der Waals surface area contributed by atoms with Gasteiger partial charge in [-0.1, -0.05) is 17.3 Å². The molecule has 0 atom stereocenters. The van der Waals surface area contributed by atoms with Gasteiger partial charge in [0.05, 0.1) is 12.5 Å². The van der Waals surface area contributed by atoms with E-state index in [2.05, 4.69) is 5.16 Å². The molecule has 0 aliphatic carbocycles. The molecule has 0 amide bonds. The van der Waals surface area contributed by atoms with E-state index in [-0.39, 0.29) is 11.8 Å². The number of benzene rings is 1. The van der Waals surface area contributed by atoms with Gasteiger partial charge in [-0.15, -0.1) is 0 Å². The summed E-state index contributed by atoms with van der Waals surface area (Å²) >= 11 is 0. The summed E-state index contributed by atoms with van der Waals surface area (Å²) in [6.45, 7) is 1.03. The standard InChI is InChI=1S/C17H18FNO4/c1-21-16(20)17(5-7-22-8-6-17)11-14-10-15(19-23-14)12-3-2-4-13(18)9-12/h2-4,9-10H,5-8,11H2,1H3. The highest BCUT2D eigenvalue weighted by molar-refractivity contribution is 5.77. The van der Waals surface area contributed by atoms with Gasteiger partial charge in [0.15, 0.2) is 0 Å². The third-order valence-electron chi connectivity index (χ3n) is 4.26. The fourth-order valence-corrected chi connectivity index (χ4v) is 2.95. The maximum absolute atomic E-state index is 13.3. The first kappa shape index (κ1) is 15.7. The number of ether oxygens (including phenoxy) is 2. The highest BCUT2D eigenvalue weighted by atomic mass is 19.1. The Morgan fingerprint density at radius 1 is 1.35 bits per heavy atom. The molecule has 0 unspecified atom stereocenters. The van der Waals surface area contributed by atoms with Crippen molar-refractivity contribution in [3.63, 3.8) is 0 Å². The van der Waals surface area contributed by atoms with Crippen molar-refractivity contribution in [3.05, 3.63) is 41.9 Å². The zero-order valence-electron chi connectivity index (χ0n) is 12.9. The molecule has 1 saturated heterocycles. The van der Waals surface area contributed by atoms with Crippen LogP contribution in [0.4, 0.5) is 4.39 Å². The van der Waals surface area contributed by atoms with Gasteiger partial charge in [-0.25, -0.2) is 4.39 Å². The van der Waals surface area contributed by atoms with Crippen LogP contribution in [0, 0.1) is 11.2 Å². The molecule has 0 bridgehead atoms. The Balaban J connectivity index is 1.83. The smallest absolute Gasteiger partial charge is 0.312 e. The average molecular weight is 319 g/mol. The molecule has 1 aromatic heterocycles. The topological polar surface area (TPSA) is 61.6 Å². The lowest BCUT2D eigenvalue weighted by Crippen LogP contribution is -2.40. The average Bonchev–Trinajstić information content (AvgIpc) is 3.03. The summed E-state index contributed by atoms with van der Waals surface area (Å²) in [5.41, 5.74) is 0.539. The number of halogens is 1. The van der Waals surface area contributed by atoms with Gasteiger partial charge in [-0.05, 0) is 25.0 Å².